The molecule has 4 nitrogen and oxygen atoms in total. The molecular formula is C11H13BrN4. The van der Waals surface area contributed by atoms with Crippen molar-refractivity contribution < 1.29 is 0 Å². The molecule has 2 rings (SSSR count). The fourth-order valence-electron chi connectivity index (χ4n) is 1.39. The Balaban J connectivity index is 1.90. The Kier molecular flexibility index (Phi) is 3.69. The van der Waals surface area contributed by atoms with Crippen molar-refractivity contribution in [2.45, 2.75) is 19.5 Å². The lowest BCUT2D eigenvalue weighted by Crippen LogP contribution is -2.19. The molecule has 1 aromatic carbocycles. The molecule has 1 heterocycles. The number of aromatic nitrogens is 3. The molecule has 0 spiro atoms. The average molecular weight is 281 g/mol. The van der Waals surface area contributed by atoms with Crippen LogP contribution >= 0.6 is 15.9 Å². The molecule has 16 heavy (non-hydrogen) atoms. The van der Waals surface area contributed by atoms with Gasteiger partial charge < -0.3 is 5.32 Å². The van der Waals surface area contributed by atoms with E-state index in [-0.39, 0.29) is 6.04 Å². The van der Waals surface area contributed by atoms with Gasteiger partial charge in [0.1, 0.15) is 12.2 Å². The Hall–Kier alpha value is -1.20. The summed E-state index contributed by atoms with van der Waals surface area (Å²) in [6, 6.07) is 8.42. The van der Waals surface area contributed by atoms with Crippen LogP contribution in [-0.2, 0) is 6.54 Å². The fourth-order valence-corrected chi connectivity index (χ4v) is 1.66. The number of benzene rings is 1. The maximum atomic E-state index is 4.11. The molecule has 5 heteroatoms. The highest BCUT2D eigenvalue weighted by atomic mass is 79.9. The molecule has 0 saturated heterocycles. The van der Waals surface area contributed by atoms with Gasteiger partial charge in [0.05, 0.1) is 6.04 Å². The Bertz CT molecular complexity index is 424. The van der Waals surface area contributed by atoms with E-state index in [0.29, 0.717) is 0 Å². The van der Waals surface area contributed by atoms with E-state index >= 15 is 0 Å². The van der Waals surface area contributed by atoms with Crippen LogP contribution in [0.25, 0.3) is 0 Å². The minimum atomic E-state index is 0.172. The first-order chi connectivity index (χ1) is 7.75. The first kappa shape index (κ1) is 11.3. The zero-order chi connectivity index (χ0) is 11.4. The van der Waals surface area contributed by atoms with Crippen LogP contribution in [0.3, 0.4) is 0 Å². The van der Waals surface area contributed by atoms with Crippen LogP contribution in [-0.4, -0.2) is 15.2 Å². The molecule has 0 amide bonds. The van der Waals surface area contributed by atoms with Crippen molar-refractivity contribution in [3.8, 4) is 0 Å². The van der Waals surface area contributed by atoms with Crippen molar-refractivity contribution >= 4 is 15.9 Å². The number of hydrogen-bond donors (Lipinski definition) is 2. The summed E-state index contributed by atoms with van der Waals surface area (Å²) in [5.41, 5.74) is 1.24. The van der Waals surface area contributed by atoms with E-state index in [1.54, 1.807) is 0 Å². The van der Waals surface area contributed by atoms with Gasteiger partial charge in [-0.05, 0) is 24.6 Å². The standard InChI is InChI=1S/C11H13BrN4/c1-8(11-14-7-15-16-11)13-6-9-2-4-10(12)5-3-9/h2-5,7-8,13H,6H2,1H3,(H,14,15,16). The molecule has 0 aliphatic carbocycles. The van der Waals surface area contributed by atoms with Crippen molar-refractivity contribution in [1.82, 2.24) is 20.5 Å². The van der Waals surface area contributed by atoms with Crippen LogP contribution in [0.15, 0.2) is 35.1 Å². The van der Waals surface area contributed by atoms with Crippen LogP contribution in [0.2, 0.25) is 0 Å². The van der Waals surface area contributed by atoms with E-state index < -0.39 is 0 Å². The Morgan fingerprint density at radius 3 is 2.75 bits per heavy atom. The highest BCUT2D eigenvalue weighted by Crippen LogP contribution is 2.11. The van der Waals surface area contributed by atoms with Gasteiger partial charge in [0, 0.05) is 11.0 Å². The van der Waals surface area contributed by atoms with E-state index in [1.807, 2.05) is 12.1 Å². The number of hydrogen-bond acceptors (Lipinski definition) is 3. The maximum absolute atomic E-state index is 4.11. The van der Waals surface area contributed by atoms with Gasteiger partial charge in [-0.15, -0.1) is 0 Å². The van der Waals surface area contributed by atoms with E-state index in [0.717, 1.165) is 16.8 Å². The summed E-state index contributed by atoms with van der Waals surface area (Å²) in [6.07, 6.45) is 1.52. The van der Waals surface area contributed by atoms with E-state index in [9.17, 15) is 0 Å². The first-order valence-corrected chi connectivity index (χ1v) is 5.88. The van der Waals surface area contributed by atoms with Crippen LogP contribution in [0.1, 0.15) is 24.4 Å². The lowest BCUT2D eigenvalue weighted by atomic mass is 10.2. The summed E-state index contributed by atoms with van der Waals surface area (Å²) >= 11 is 3.41. The monoisotopic (exact) mass is 280 g/mol. The molecule has 1 unspecified atom stereocenters. The van der Waals surface area contributed by atoms with Gasteiger partial charge in [-0.1, -0.05) is 28.1 Å². The second-order valence-corrected chi connectivity index (χ2v) is 4.52. The quantitative estimate of drug-likeness (QED) is 0.905. The summed E-state index contributed by atoms with van der Waals surface area (Å²) in [5.74, 6) is 0.858. The molecule has 1 atom stereocenters. The molecule has 0 fully saturated rings. The van der Waals surface area contributed by atoms with Crippen LogP contribution in [0.4, 0.5) is 0 Å². The fraction of sp³-hybridized carbons (Fsp3) is 0.273. The van der Waals surface area contributed by atoms with Crippen molar-refractivity contribution in [2.24, 2.45) is 0 Å². The maximum Gasteiger partial charge on any atom is 0.141 e. The Morgan fingerprint density at radius 1 is 1.38 bits per heavy atom. The predicted molar refractivity (Wildman–Crippen MR) is 65.8 cm³/mol. The first-order valence-electron chi connectivity index (χ1n) is 5.09. The van der Waals surface area contributed by atoms with Crippen molar-refractivity contribution in [3.05, 3.63) is 46.5 Å². The third-order valence-electron chi connectivity index (χ3n) is 2.37. The number of H-pyrrole nitrogens is 1. The van der Waals surface area contributed by atoms with E-state index in [2.05, 4.69) is 55.5 Å². The van der Waals surface area contributed by atoms with Crippen molar-refractivity contribution in [1.29, 1.82) is 0 Å². The SMILES string of the molecule is CC(NCc1ccc(Br)cc1)c1ncn[nH]1. The van der Waals surface area contributed by atoms with Gasteiger partial charge in [-0.3, -0.25) is 5.10 Å². The third-order valence-corrected chi connectivity index (χ3v) is 2.90. The van der Waals surface area contributed by atoms with Crippen LogP contribution < -0.4 is 5.32 Å². The molecule has 2 aromatic rings. The number of aromatic amines is 1. The number of nitrogens with zero attached hydrogens (tertiary/aromatic N) is 2. The number of nitrogens with one attached hydrogen (secondary N) is 2. The van der Waals surface area contributed by atoms with Gasteiger partial charge in [-0.2, -0.15) is 5.10 Å². The van der Waals surface area contributed by atoms with E-state index in [4.69, 9.17) is 0 Å². The van der Waals surface area contributed by atoms with Crippen molar-refractivity contribution in [2.75, 3.05) is 0 Å². The summed E-state index contributed by atoms with van der Waals surface area (Å²) in [4.78, 5) is 4.11. The van der Waals surface area contributed by atoms with Crippen LogP contribution in [0.5, 0.6) is 0 Å². The zero-order valence-electron chi connectivity index (χ0n) is 8.94. The van der Waals surface area contributed by atoms with Gasteiger partial charge in [0.25, 0.3) is 0 Å². The van der Waals surface area contributed by atoms with Gasteiger partial charge in [-0.25, -0.2) is 4.98 Å². The minimum absolute atomic E-state index is 0.172. The largest absolute Gasteiger partial charge is 0.303 e. The molecule has 84 valence electrons. The molecule has 2 N–H and O–H groups in total. The molecule has 0 bridgehead atoms. The van der Waals surface area contributed by atoms with Crippen LogP contribution in [0, 0.1) is 0 Å². The molecule has 0 aliphatic rings. The second-order valence-electron chi connectivity index (χ2n) is 3.60. The summed E-state index contributed by atoms with van der Waals surface area (Å²) in [5, 5.41) is 10.1. The normalized spacial score (nSPS) is 12.6. The lowest BCUT2D eigenvalue weighted by Gasteiger charge is -2.10. The Morgan fingerprint density at radius 2 is 2.12 bits per heavy atom. The highest BCUT2D eigenvalue weighted by molar-refractivity contribution is 9.10. The topological polar surface area (TPSA) is 53.6 Å². The number of rotatable bonds is 4. The second kappa shape index (κ2) is 5.23. The van der Waals surface area contributed by atoms with Gasteiger partial charge in [0.15, 0.2) is 0 Å². The molecular weight excluding hydrogens is 268 g/mol. The van der Waals surface area contributed by atoms with Gasteiger partial charge in [0.2, 0.25) is 0 Å². The number of halogens is 1. The molecule has 0 saturated carbocycles. The molecule has 0 radical (unpaired) electrons. The summed E-state index contributed by atoms with van der Waals surface area (Å²) in [7, 11) is 0. The van der Waals surface area contributed by atoms with E-state index in [1.165, 1.54) is 11.9 Å². The molecule has 1 aromatic heterocycles. The molecule has 0 aliphatic heterocycles. The average Bonchev–Trinajstić information content (AvgIpc) is 2.81. The predicted octanol–water partition coefficient (Wildman–Crippen LogP) is 2.42. The van der Waals surface area contributed by atoms with Crippen molar-refractivity contribution in [3.63, 3.8) is 0 Å². The lowest BCUT2D eigenvalue weighted by molar-refractivity contribution is 0.548. The van der Waals surface area contributed by atoms with Gasteiger partial charge >= 0.3 is 0 Å². The summed E-state index contributed by atoms with van der Waals surface area (Å²) in [6.45, 7) is 2.87. The minimum Gasteiger partial charge on any atom is -0.303 e. The zero-order valence-corrected chi connectivity index (χ0v) is 10.5. The summed E-state index contributed by atoms with van der Waals surface area (Å²) < 4.78 is 1.10. The highest BCUT2D eigenvalue weighted by Gasteiger charge is 2.06. The Labute approximate surface area is 103 Å². The third kappa shape index (κ3) is 2.90. The smallest absolute Gasteiger partial charge is 0.141 e.